The molecule has 0 aromatic heterocycles. The van der Waals surface area contributed by atoms with E-state index in [9.17, 15) is 9.46 Å². The maximum absolute atomic E-state index is 12.8. The third-order valence-corrected chi connectivity index (χ3v) is 8.95. The predicted molar refractivity (Wildman–Crippen MR) is 147 cm³/mol. The summed E-state index contributed by atoms with van der Waals surface area (Å²) < 4.78 is 18.2. The van der Waals surface area contributed by atoms with Gasteiger partial charge in [0.25, 0.3) is 0 Å². The Labute approximate surface area is 220 Å². The summed E-state index contributed by atoms with van der Waals surface area (Å²) >= 11 is 6.94. The van der Waals surface area contributed by atoms with E-state index in [-0.39, 0.29) is 16.5 Å². The molecule has 5 nitrogen and oxygen atoms in total. The van der Waals surface area contributed by atoms with Crippen molar-refractivity contribution in [2.45, 2.75) is 5.54 Å². The van der Waals surface area contributed by atoms with Crippen LogP contribution in [0.25, 0.3) is 0 Å². The maximum atomic E-state index is 12.8. The Kier molecular flexibility index (Phi) is 8.91. The molecular weight excluding hydrogens is 513 g/mol. The van der Waals surface area contributed by atoms with E-state index < -0.39 is 12.3 Å². The summed E-state index contributed by atoms with van der Waals surface area (Å²) in [6, 6.07) is 36.9. The molecule has 0 radical (unpaired) electrons. The van der Waals surface area contributed by atoms with Gasteiger partial charge in [0.15, 0.2) is 0 Å². The lowest BCUT2D eigenvalue weighted by Gasteiger charge is -2.44. The molecule has 1 unspecified atom stereocenters. The third kappa shape index (κ3) is 5.87. The highest BCUT2D eigenvalue weighted by molar-refractivity contribution is 8.54. The molecule has 1 N–H and O–H groups in total. The normalized spacial score (nSPS) is 13.3. The summed E-state index contributed by atoms with van der Waals surface area (Å²) in [5.41, 5.74) is 2.22. The number of halogens is 1. The average molecular weight is 540 g/mol. The zero-order valence-corrected chi connectivity index (χ0v) is 22.2. The Morgan fingerprint density at radius 1 is 0.806 bits per heavy atom. The molecule has 1 atom stereocenters. The molecular formula is C28H27ClNO4PS. The van der Waals surface area contributed by atoms with Gasteiger partial charge < -0.3 is 14.3 Å². The topological polar surface area (TPSA) is 59.0 Å². The highest BCUT2D eigenvalue weighted by atomic mass is 35.5. The summed E-state index contributed by atoms with van der Waals surface area (Å²) in [4.78, 5) is 16.5. The molecule has 0 spiro atoms. The Balaban J connectivity index is 1.68. The van der Waals surface area contributed by atoms with E-state index >= 15 is 0 Å². The summed E-state index contributed by atoms with van der Waals surface area (Å²) in [6.45, 7) is -3.70. The molecule has 4 aromatic rings. The standard InChI is InChI=1S/C28H27ClNO4PS/c1-33-30(21-22-36-35(31,32)34-27-20-12-11-19-26(27)29)28(23-13-5-2-6-14-23,24-15-7-3-8-16-24)25-17-9-4-10-18-25/h2-20H,21-22H2,1H3,(H,31,32). The van der Waals surface area contributed by atoms with Gasteiger partial charge in [-0.25, -0.2) is 4.57 Å². The van der Waals surface area contributed by atoms with Crippen LogP contribution in [-0.2, 0) is 14.9 Å². The van der Waals surface area contributed by atoms with E-state index in [1.807, 2.05) is 59.7 Å². The molecule has 0 amide bonds. The van der Waals surface area contributed by atoms with Gasteiger partial charge in [-0.2, -0.15) is 5.06 Å². The first-order valence-electron chi connectivity index (χ1n) is 11.4. The number of hydrogen-bond donors (Lipinski definition) is 1. The number of rotatable bonds is 11. The van der Waals surface area contributed by atoms with E-state index in [1.165, 1.54) is 0 Å². The monoisotopic (exact) mass is 539 g/mol. The Morgan fingerprint density at radius 3 is 1.69 bits per heavy atom. The first kappa shape index (κ1) is 26.5. The summed E-state index contributed by atoms with van der Waals surface area (Å²) in [5.74, 6) is 0.439. The molecule has 4 aromatic carbocycles. The SMILES string of the molecule is CON(CCSP(=O)(O)Oc1ccccc1Cl)C(c1ccccc1)(c1ccccc1)c1ccccc1. The van der Waals surface area contributed by atoms with Crippen LogP contribution in [0.15, 0.2) is 115 Å². The van der Waals surface area contributed by atoms with E-state index in [2.05, 4.69) is 36.4 Å². The predicted octanol–water partition coefficient (Wildman–Crippen LogP) is 7.41. The molecule has 0 saturated carbocycles. The van der Waals surface area contributed by atoms with Crippen LogP contribution in [0.4, 0.5) is 0 Å². The van der Waals surface area contributed by atoms with Crippen molar-refractivity contribution in [3.8, 4) is 5.75 Å². The molecule has 0 aliphatic carbocycles. The van der Waals surface area contributed by atoms with E-state index in [4.69, 9.17) is 21.0 Å². The van der Waals surface area contributed by atoms with Crippen LogP contribution in [0.2, 0.25) is 5.02 Å². The minimum atomic E-state index is -4.03. The lowest BCUT2D eigenvalue weighted by Crippen LogP contribution is -2.48. The average Bonchev–Trinajstić information content (AvgIpc) is 2.91. The summed E-state index contributed by atoms with van der Waals surface area (Å²) in [7, 11) is 1.62. The molecule has 186 valence electrons. The zero-order valence-electron chi connectivity index (χ0n) is 19.7. The van der Waals surface area contributed by atoms with Gasteiger partial charge in [-0.3, -0.25) is 0 Å². The van der Waals surface area contributed by atoms with Gasteiger partial charge >= 0.3 is 6.80 Å². The van der Waals surface area contributed by atoms with Gasteiger partial charge in [-0.15, -0.1) is 0 Å². The van der Waals surface area contributed by atoms with Crippen LogP contribution in [0.3, 0.4) is 0 Å². The smallest absolute Gasteiger partial charge is 0.415 e. The fourth-order valence-corrected chi connectivity index (χ4v) is 6.78. The summed E-state index contributed by atoms with van der Waals surface area (Å²) in [5, 5.41) is 2.14. The molecule has 4 rings (SSSR count). The van der Waals surface area contributed by atoms with Crippen molar-refractivity contribution in [1.29, 1.82) is 0 Å². The van der Waals surface area contributed by atoms with E-state index in [0.717, 1.165) is 28.1 Å². The van der Waals surface area contributed by atoms with Crippen molar-refractivity contribution in [2.24, 2.45) is 0 Å². The number of hydroxylamine groups is 2. The fraction of sp³-hybridized carbons (Fsp3) is 0.143. The molecule has 0 saturated heterocycles. The Hall–Kier alpha value is -2.57. The van der Waals surface area contributed by atoms with Gasteiger partial charge in [-0.1, -0.05) is 115 Å². The van der Waals surface area contributed by atoms with Crippen molar-refractivity contribution in [2.75, 3.05) is 19.4 Å². The number of nitrogens with zero attached hydrogens (tertiary/aromatic N) is 1. The molecule has 0 heterocycles. The first-order valence-corrected chi connectivity index (χ1v) is 14.9. The van der Waals surface area contributed by atoms with E-state index in [0.29, 0.717) is 6.54 Å². The van der Waals surface area contributed by atoms with Crippen molar-refractivity contribution in [1.82, 2.24) is 5.06 Å². The van der Waals surface area contributed by atoms with Crippen LogP contribution < -0.4 is 4.52 Å². The minimum Gasteiger partial charge on any atom is -0.415 e. The minimum absolute atomic E-state index is 0.174. The Morgan fingerprint density at radius 2 is 1.25 bits per heavy atom. The van der Waals surface area contributed by atoms with Crippen molar-refractivity contribution in [3.05, 3.63) is 137 Å². The number of hydrogen-bond acceptors (Lipinski definition) is 5. The van der Waals surface area contributed by atoms with Crippen molar-refractivity contribution in [3.63, 3.8) is 0 Å². The molecule has 0 fully saturated rings. The highest BCUT2D eigenvalue weighted by Crippen LogP contribution is 2.56. The van der Waals surface area contributed by atoms with Crippen LogP contribution in [0.1, 0.15) is 16.7 Å². The second-order valence-electron chi connectivity index (χ2n) is 7.92. The number of para-hydroxylation sites is 1. The van der Waals surface area contributed by atoms with Gasteiger partial charge in [0, 0.05) is 12.3 Å². The summed E-state index contributed by atoms with van der Waals surface area (Å²) in [6.07, 6.45) is 0. The van der Waals surface area contributed by atoms with Crippen LogP contribution in [-0.4, -0.2) is 29.4 Å². The Bertz CT molecular complexity index is 1200. The van der Waals surface area contributed by atoms with Crippen molar-refractivity contribution < 1.29 is 18.8 Å². The molecule has 0 aliphatic heterocycles. The zero-order chi connectivity index (χ0) is 25.4. The first-order chi connectivity index (χ1) is 17.5. The molecule has 36 heavy (non-hydrogen) atoms. The number of benzene rings is 4. The van der Waals surface area contributed by atoms with Crippen LogP contribution in [0.5, 0.6) is 5.75 Å². The quantitative estimate of drug-likeness (QED) is 0.122. The van der Waals surface area contributed by atoms with Gasteiger partial charge in [0.1, 0.15) is 11.3 Å². The van der Waals surface area contributed by atoms with Gasteiger partial charge in [-0.05, 0) is 40.2 Å². The third-order valence-electron chi connectivity index (χ3n) is 5.77. The van der Waals surface area contributed by atoms with Crippen molar-refractivity contribution >= 4 is 29.8 Å². The second kappa shape index (κ2) is 12.1. The molecule has 0 bridgehead atoms. The molecule has 8 heteroatoms. The fourth-order valence-electron chi connectivity index (χ4n) is 4.27. The van der Waals surface area contributed by atoms with Crippen LogP contribution >= 0.6 is 29.8 Å². The van der Waals surface area contributed by atoms with Gasteiger partial charge in [0.05, 0.1) is 12.1 Å². The maximum Gasteiger partial charge on any atom is 0.437 e. The lowest BCUT2D eigenvalue weighted by molar-refractivity contribution is -0.177. The van der Waals surface area contributed by atoms with E-state index in [1.54, 1.807) is 31.4 Å². The second-order valence-corrected chi connectivity index (χ2v) is 12.3. The van der Waals surface area contributed by atoms with Crippen LogP contribution in [0, 0.1) is 0 Å². The van der Waals surface area contributed by atoms with Gasteiger partial charge in [0.2, 0.25) is 0 Å². The largest absolute Gasteiger partial charge is 0.437 e. The lowest BCUT2D eigenvalue weighted by atomic mass is 9.76. The molecule has 0 aliphatic rings. The highest BCUT2D eigenvalue weighted by Gasteiger charge is 2.43.